The number of hydrogen-bond acceptors (Lipinski definition) is 9. The highest BCUT2D eigenvalue weighted by atomic mass is 19.1. The SMILES string of the molecule is CN1CCc2cc(-n3nc(Nc4ccc(OCCN5CCCC5)c(F)c4)nc3N)nnc2-c2ccccc21. The third-order valence-electron chi connectivity index (χ3n) is 7.05. The highest BCUT2D eigenvalue weighted by Gasteiger charge is 2.21. The van der Waals surface area contributed by atoms with Gasteiger partial charge in [-0.2, -0.15) is 9.67 Å². The molecule has 0 bridgehead atoms. The van der Waals surface area contributed by atoms with Crippen LogP contribution < -0.4 is 20.7 Å². The number of likely N-dealkylation sites (N-methyl/N-ethyl adjacent to an activating group) is 1. The number of benzene rings is 2. The molecule has 1 saturated heterocycles. The van der Waals surface area contributed by atoms with Crippen molar-refractivity contribution in [2.75, 3.05) is 55.8 Å². The summed E-state index contributed by atoms with van der Waals surface area (Å²) in [5.74, 6) is 0.615. The average Bonchev–Trinajstić information content (AvgIpc) is 3.54. The van der Waals surface area contributed by atoms with E-state index < -0.39 is 5.82 Å². The van der Waals surface area contributed by atoms with Gasteiger partial charge in [0.1, 0.15) is 6.61 Å². The van der Waals surface area contributed by atoms with Gasteiger partial charge in [0.25, 0.3) is 0 Å². The lowest BCUT2D eigenvalue weighted by Crippen LogP contribution is -2.25. The lowest BCUT2D eigenvalue weighted by molar-refractivity contribution is 0.231. The van der Waals surface area contributed by atoms with Crippen molar-refractivity contribution in [2.45, 2.75) is 19.3 Å². The van der Waals surface area contributed by atoms with Crippen LogP contribution in [0.15, 0.2) is 48.5 Å². The molecule has 10 nitrogen and oxygen atoms in total. The van der Waals surface area contributed by atoms with Crippen molar-refractivity contribution in [3.05, 3.63) is 59.9 Å². The molecule has 0 atom stereocenters. The van der Waals surface area contributed by atoms with Crippen LogP contribution >= 0.6 is 0 Å². The van der Waals surface area contributed by atoms with Gasteiger partial charge in [-0.15, -0.1) is 15.3 Å². The van der Waals surface area contributed by atoms with Crippen LogP contribution in [0.1, 0.15) is 18.4 Å². The van der Waals surface area contributed by atoms with Gasteiger partial charge in [0.2, 0.25) is 11.9 Å². The summed E-state index contributed by atoms with van der Waals surface area (Å²) in [6.07, 6.45) is 3.23. The lowest BCUT2D eigenvalue weighted by Gasteiger charge is -2.18. The first kappa shape index (κ1) is 24.1. The van der Waals surface area contributed by atoms with E-state index in [1.165, 1.54) is 23.6 Å². The molecule has 2 aliphatic heterocycles. The smallest absolute Gasteiger partial charge is 0.248 e. The van der Waals surface area contributed by atoms with E-state index in [4.69, 9.17) is 10.5 Å². The maximum absolute atomic E-state index is 14.7. The Morgan fingerprint density at radius 2 is 1.89 bits per heavy atom. The Morgan fingerprint density at radius 1 is 1.05 bits per heavy atom. The molecule has 2 aromatic heterocycles. The second-order valence-corrected chi connectivity index (χ2v) is 9.64. The summed E-state index contributed by atoms with van der Waals surface area (Å²) in [6.45, 7) is 4.27. The molecule has 4 aromatic rings. The monoisotopic (exact) mass is 515 g/mol. The highest BCUT2D eigenvalue weighted by Crippen LogP contribution is 2.34. The largest absolute Gasteiger partial charge is 0.489 e. The van der Waals surface area contributed by atoms with E-state index in [0.717, 1.165) is 55.1 Å². The zero-order valence-electron chi connectivity index (χ0n) is 21.3. The van der Waals surface area contributed by atoms with Gasteiger partial charge in [-0.3, -0.25) is 4.90 Å². The molecule has 2 aliphatic rings. The number of nitrogens with zero attached hydrogens (tertiary/aromatic N) is 7. The number of rotatable bonds is 7. The van der Waals surface area contributed by atoms with Crippen LogP contribution in [-0.2, 0) is 6.42 Å². The Bertz CT molecular complexity index is 1450. The molecular weight excluding hydrogens is 485 g/mol. The van der Waals surface area contributed by atoms with E-state index in [9.17, 15) is 4.39 Å². The van der Waals surface area contributed by atoms with Gasteiger partial charge >= 0.3 is 0 Å². The van der Waals surface area contributed by atoms with Crippen LogP contribution in [0, 0.1) is 5.82 Å². The molecular formula is C27H30FN9O. The predicted molar refractivity (Wildman–Crippen MR) is 145 cm³/mol. The number of likely N-dealkylation sites (tertiary alicyclic amines) is 1. The topological polar surface area (TPSA) is 110 Å². The fourth-order valence-corrected chi connectivity index (χ4v) is 5.02. The van der Waals surface area contributed by atoms with E-state index in [1.54, 1.807) is 12.1 Å². The second kappa shape index (κ2) is 10.3. The average molecular weight is 516 g/mol. The fourth-order valence-electron chi connectivity index (χ4n) is 5.02. The molecule has 0 saturated carbocycles. The molecule has 0 radical (unpaired) electrons. The number of aromatic nitrogens is 5. The van der Waals surface area contributed by atoms with Crippen molar-refractivity contribution >= 4 is 23.3 Å². The minimum atomic E-state index is -0.453. The number of nitrogen functional groups attached to an aromatic ring is 1. The number of ether oxygens (including phenoxy) is 1. The first-order valence-electron chi connectivity index (χ1n) is 12.9. The third-order valence-corrected chi connectivity index (χ3v) is 7.05. The number of para-hydroxylation sites is 1. The van der Waals surface area contributed by atoms with Crippen LogP contribution in [0.2, 0.25) is 0 Å². The Morgan fingerprint density at radius 3 is 2.74 bits per heavy atom. The lowest BCUT2D eigenvalue weighted by atomic mass is 10.0. The van der Waals surface area contributed by atoms with Gasteiger partial charge in [-0.05, 0) is 62.2 Å². The first-order valence-corrected chi connectivity index (χ1v) is 12.9. The number of nitrogens with two attached hydrogens (primary N) is 1. The Kier molecular flexibility index (Phi) is 6.50. The summed E-state index contributed by atoms with van der Waals surface area (Å²) < 4.78 is 21.7. The van der Waals surface area contributed by atoms with E-state index in [1.807, 2.05) is 18.2 Å². The van der Waals surface area contributed by atoms with Crippen molar-refractivity contribution in [1.82, 2.24) is 29.9 Å². The minimum Gasteiger partial charge on any atom is -0.489 e. The van der Waals surface area contributed by atoms with Crippen molar-refractivity contribution in [3.8, 4) is 22.8 Å². The molecule has 3 N–H and O–H groups in total. The maximum Gasteiger partial charge on any atom is 0.248 e. The Hall–Kier alpha value is -4.25. The predicted octanol–water partition coefficient (Wildman–Crippen LogP) is 3.66. The quantitative estimate of drug-likeness (QED) is 0.381. The standard InChI is InChI=1S/C27H30FN9O/c1-35-13-10-18-16-24(32-33-25(18)20-6-2-3-7-22(20)35)37-26(29)31-27(34-37)30-19-8-9-23(21(28)17-19)38-15-14-36-11-4-5-12-36/h2-3,6-9,16-17H,4-5,10-15H2,1H3,(H3,29,30,31,34). The molecule has 0 amide bonds. The zero-order chi connectivity index (χ0) is 26.1. The van der Waals surface area contributed by atoms with Crippen molar-refractivity contribution < 1.29 is 9.13 Å². The van der Waals surface area contributed by atoms with Crippen LogP contribution in [0.3, 0.4) is 0 Å². The maximum atomic E-state index is 14.7. The van der Waals surface area contributed by atoms with Crippen LogP contribution in [0.4, 0.5) is 27.7 Å². The van der Waals surface area contributed by atoms with E-state index >= 15 is 0 Å². The fraction of sp³-hybridized carbons (Fsp3) is 0.333. The number of nitrogens with one attached hydrogen (secondary N) is 1. The summed E-state index contributed by atoms with van der Waals surface area (Å²) in [7, 11) is 2.07. The summed E-state index contributed by atoms with van der Waals surface area (Å²) in [5.41, 5.74) is 10.7. The molecule has 2 aromatic carbocycles. The molecule has 1 fully saturated rings. The van der Waals surface area contributed by atoms with Gasteiger partial charge < -0.3 is 20.7 Å². The van der Waals surface area contributed by atoms with Crippen LogP contribution in [-0.4, -0.2) is 69.7 Å². The molecule has 4 heterocycles. The molecule has 6 rings (SSSR count). The van der Waals surface area contributed by atoms with Gasteiger partial charge in [-0.25, -0.2) is 4.39 Å². The van der Waals surface area contributed by atoms with E-state index in [-0.39, 0.29) is 17.6 Å². The van der Waals surface area contributed by atoms with Gasteiger partial charge in [0.15, 0.2) is 17.4 Å². The molecule has 0 spiro atoms. The Balaban J connectivity index is 1.17. The molecule has 196 valence electrons. The van der Waals surface area contributed by atoms with Crippen molar-refractivity contribution in [2.24, 2.45) is 0 Å². The highest BCUT2D eigenvalue weighted by molar-refractivity contribution is 5.79. The van der Waals surface area contributed by atoms with E-state index in [0.29, 0.717) is 18.1 Å². The molecule has 11 heteroatoms. The van der Waals surface area contributed by atoms with Crippen LogP contribution in [0.5, 0.6) is 5.75 Å². The normalized spacial score (nSPS) is 15.2. The minimum absolute atomic E-state index is 0.148. The number of hydrogen-bond donors (Lipinski definition) is 2. The Labute approximate surface area is 220 Å². The molecule has 0 aliphatic carbocycles. The summed E-state index contributed by atoms with van der Waals surface area (Å²) >= 11 is 0. The first-order chi connectivity index (χ1) is 18.5. The van der Waals surface area contributed by atoms with Crippen molar-refractivity contribution in [1.29, 1.82) is 0 Å². The summed E-state index contributed by atoms with van der Waals surface area (Å²) in [5, 5.41) is 16.4. The van der Waals surface area contributed by atoms with E-state index in [2.05, 4.69) is 54.6 Å². The second-order valence-electron chi connectivity index (χ2n) is 9.64. The van der Waals surface area contributed by atoms with Gasteiger partial charge in [0.05, 0.1) is 5.69 Å². The number of halogens is 1. The van der Waals surface area contributed by atoms with Gasteiger partial charge in [0, 0.05) is 43.1 Å². The molecule has 38 heavy (non-hydrogen) atoms. The zero-order valence-corrected chi connectivity index (χ0v) is 21.3. The number of fused-ring (bicyclic) bond motifs is 3. The third kappa shape index (κ3) is 4.84. The van der Waals surface area contributed by atoms with Gasteiger partial charge in [-0.1, -0.05) is 18.2 Å². The van der Waals surface area contributed by atoms with Crippen molar-refractivity contribution in [3.63, 3.8) is 0 Å². The summed E-state index contributed by atoms with van der Waals surface area (Å²) in [4.78, 5) is 8.83. The summed E-state index contributed by atoms with van der Waals surface area (Å²) in [6, 6.07) is 14.8. The molecule has 0 unspecified atom stereocenters. The van der Waals surface area contributed by atoms with Crippen LogP contribution in [0.25, 0.3) is 17.1 Å². The number of anilines is 4.